The van der Waals surface area contributed by atoms with Crippen molar-refractivity contribution in [1.82, 2.24) is 0 Å². The van der Waals surface area contributed by atoms with Crippen LogP contribution in [0, 0.1) is 0 Å². The number of hydrogen-bond acceptors (Lipinski definition) is 1. The number of hydrogen-bond donors (Lipinski definition) is 0. The van der Waals surface area contributed by atoms with E-state index in [2.05, 4.69) is 6.58 Å². The highest BCUT2D eigenvalue weighted by atomic mass is 16.1. The predicted octanol–water partition coefficient (Wildman–Crippen LogP) is 3.05. The molecule has 2 heteroatoms. The summed E-state index contributed by atoms with van der Waals surface area (Å²) in [6.07, 6.45) is 3.64. The van der Waals surface area contributed by atoms with E-state index >= 15 is 0 Å². The number of allylic oxidation sites excluding steroid dienone is 1. The lowest BCUT2D eigenvalue weighted by Gasteiger charge is -1.96. The summed E-state index contributed by atoms with van der Waals surface area (Å²) in [6.45, 7) is 5.87. The molecule has 0 fully saturated rings. The van der Waals surface area contributed by atoms with Crippen LogP contribution in [0.4, 0.5) is 0 Å². The van der Waals surface area contributed by atoms with E-state index in [0.717, 1.165) is 5.69 Å². The fourth-order valence-corrected chi connectivity index (χ4v) is 1.48. The van der Waals surface area contributed by atoms with Gasteiger partial charge in [-0.2, -0.15) is 4.57 Å². The lowest BCUT2D eigenvalue weighted by Crippen LogP contribution is -2.38. The molecule has 0 spiro atoms. The third kappa shape index (κ3) is 4.74. The number of aromatic nitrogens is 1. The highest BCUT2D eigenvalue weighted by Gasteiger charge is 2.11. The van der Waals surface area contributed by atoms with Crippen molar-refractivity contribution in [2.75, 3.05) is 0 Å². The van der Waals surface area contributed by atoms with Gasteiger partial charge in [-0.05, 0) is 12.1 Å². The zero-order valence-electron chi connectivity index (χ0n) is 10.6. The van der Waals surface area contributed by atoms with Crippen LogP contribution in [0.2, 0.25) is 0 Å². The Morgan fingerprint density at radius 1 is 1.11 bits per heavy atom. The summed E-state index contributed by atoms with van der Waals surface area (Å²) in [4.78, 5) is 11.1. The summed E-state index contributed by atoms with van der Waals surface area (Å²) < 4.78 is 1.87. The molecule has 2 aromatic rings. The molecule has 2 nitrogen and oxygen atoms in total. The maximum absolute atomic E-state index is 11.1. The number of carbonyl (C=O) groups excluding carboxylic acids is 1. The van der Waals surface area contributed by atoms with Crippen LogP contribution in [0.5, 0.6) is 0 Å². The standard InChI is InChI=1S/C10H12NO.C6H6/c1-3-7-11-8-5-4-6-10(11)9(2)12;1-2-4-6-5-3-1/h3-6,8H,1,7H2,2H3;1-6H/q+1;. The summed E-state index contributed by atoms with van der Waals surface area (Å²) in [5.41, 5.74) is 0.720. The molecule has 1 aromatic heterocycles. The Hall–Kier alpha value is -2.22. The zero-order chi connectivity index (χ0) is 13.2. The molecule has 0 unspecified atom stereocenters. The van der Waals surface area contributed by atoms with Crippen LogP contribution in [0.1, 0.15) is 17.4 Å². The van der Waals surface area contributed by atoms with E-state index in [1.165, 1.54) is 0 Å². The third-order valence-corrected chi connectivity index (χ3v) is 2.29. The molecule has 1 aromatic carbocycles. The van der Waals surface area contributed by atoms with Crippen molar-refractivity contribution < 1.29 is 9.36 Å². The van der Waals surface area contributed by atoms with Crippen molar-refractivity contribution in [3.8, 4) is 0 Å². The van der Waals surface area contributed by atoms with Gasteiger partial charge in [-0.3, -0.25) is 4.79 Å². The van der Waals surface area contributed by atoms with Gasteiger partial charge in [0.05, 0.1) is 0 Å². The van der Waals surface area contributed by atoms with Gasteiger partial charge in [-0.15, -0.1) is 0 Å². The van der Waals surface area contributed by atoms with Crippen LogP contribution in [-0.2, 0) is 6.54 Å². The van der Waals surface area contributed by atoms with Crippen LogP contribution in [0.25, 0.3) is 0 Å². The van der Waals surface area contributed by atoms with Gasteiger partial charge in [0.15, 0.2) is 12.7 Å². The Morgan fingerprint density at radius 2 is 1.67 bits per heavy atom. The molecule has 0 radical (unpaired) electrons. The van der Waals surface area contributed by atoms with Crippen molar-refractivity contribution in [2.45, 2.75) is 13.5 Å². The fourth-order valence-electron chi connectivity index (χ4n) is 1.48. The molecule has 0 atom stereocenters. The number of benzene rings is 1. The summed E-state index contributed by atoms with van der Waals surface area (Å²) >= 11 is 0. The molecular formula is C16H18NO+. The van der Waals surface area contributed by atoms with E-state index < -0.39 is 0 Å². The van der Waals surface area contributed by atoms with Gasteiger partial charge >= 0.3 is 0 Å². The first-order chi connectivity index (χ1) is 8.75. The van der Waals surface area contributed by atoms with Gasteiger partial charge in [0, 0.05) is 19.1 Å². The average Bonchev–Trinajstić information content (AvgIpc) is 2.42. The normalized spacial score (nSPS) is 8.94. The summed E-state index contributed by atoms with van der Waals surface area (Å²) in [5, 5.41) is 0. The van der Waals surface area contributed by atoms with Crippen molar-refractivity contribution in [3.63, 3.8) is 0 Å². The van der Waals surface area contributed by atoms with Crippen molar-refractivity contribution in [3.05, 3.63) is 79.1 Å². The minimum atomic E-state index is 0.0810. The monoisotopic (exact) mass is 240 g/mol. The smallest absolute Gasteiger partial charge is 0.248 e. The van der Waals surface area contributed by atoms with E-state index in [1.807, 2.05) is 65.4 Å². The molecular weight excluding hydrogens is 222 g/mol. The molecule has 92 valence electrons. The van der Waals surface area contributed by atoms with Crippen LogP contribution >= 0.6 is 0 Å². The Kier molecular flexibility index (Phi) is 6.12. The van der Waals surface area contributed by atoms with Crippen LogP contribution in [0.3, 0.4) is 0 Å². The molecule has 18 heavy (non-hydrogen) atoms. The second-order valence-electron chi connectivity index (χ2n) is 3.74. The Balaban J connectivity index is 0.000000225. The molecule has 0 saturated carbocycles. The number of nitrogens with zero attached hydrogens (tertiary/aromatic N) is 1. The quantitative estimate of drug-likeness (QED) is 0.459. The van der Waals surface area contributed by atoms with Crippen LogP contribution in [-0.4, -0.2) is 5.78 Å². The van der Waals surface area contributed by atoms with Gasteiger partial charge in [0.25, 0.3) is 0 Å². The Morgan fingerprint density at radius 3 is 2.11 bits per heavy atom. The van der Waals surface area contributed by atoms with Gasteiger partial charge < -0.3 is 0 Å². The van der Waals surface area contributed by atoms with Crippen LogP contribution < -0.4 is 4.57 Å². The first-order valence-corrected chi connectivity index (χ1v) is 5.86. The topological polar surface area (TPSA) is 20.9 Å². The number of pyridine rings is 1. The highest BCUT2D eigenvalue weighted by Crippen LogP contribution is 1.92. The Bertz CT molecular complexity index is 465. The maximum Gasteiger partial charge on any atom is 0.248 e. The van der Waals surface area contributed by atoms with E-state index in [1.54, 1.807) is 13.0 Å². The van der Waals surface area contributed by atoms with Gasteiger partial charge in [-0.25, -0.2) is 0 Å². The lowest BCUT2D eigenvalue weighted by atomic mass is 10.2. The number of rotatable bonds is 3. The van der Waals surface area contributed by atoms with E-state index in [-0.39, 0.29) is 5.78 Å². The van der Waals surface area contributed by atoms with E-state index in [9.17, 15) is 4.79 Å². The molecule has 0 aliphatic heterocycles. The number of Topliss-reactive ketones (excluding diaryl/α,β-unsaturated/α-hetero) is 1. The SMILES string of the molecule is C=CC[n+]1ccccc1C(C)=O.c1ccccc1. The van der Waals surface area contributed by atoms with Crippen molar-refractivity contribution in [1.29, 1.82) is 0 Å². The molecule has 1 heterocycles. The average molecular weight is 240 g/mol. The molecule has 0 amide bonds. The summed E-state index contributed by atoms with van der Waals surface area (Å²) in [6, 6.07) is 17.6. The minimum Gasteiger partial charge on any atom is -0.288 e. The third-order valence-electron chi connectivity index (χ3n) is 2.29. The number of carbonyl (C=O) groups is 1. The van der Waals surface area contributed by atoms with Crippen molar-refractivity contribution in [2.24, 2.45) is 0 Å². The molecule has 0 saturated heterocycles. The van der Waals surface area contributed by atoms with E-state index in [4.69, 9.17) is 0 Å². The first kappa shape index (κ1) is 13.8. The second kappa shape index (κ2) is 7.96. The largest absolute Gasteiger partial charge is 0.288 e. The maximum atomic E-state index is 11.1. The lowest BCUT2D eigenvalue weighted by molar-refractivity contribution is -0.688. The van der Waals surface area contributed by atoms with Crippen molar-refractivity contribution >= 4 is 5.78 Å². The molecule has 0 aliphatic carbocycles. The highest BCUT2D eigenvalue weighted by molar-refractivity contribution is 5.90. The predicted molar refractivity (Wildman–Crippen MR) is 73.3 cm³/mol. The molecule has 0 bridgehead atoms. The fraction of sp³-hybridized carbons (Fsp3) is 0.125. The Labute approximate surface area is 108 Å². The second-order valence-corrected chi connectivity index (χ2v) is 3.74. The van der Waals surface area contributed by atoms with Gasteiger partial charge in [-0.1, -0.05) is 43.0 Å². The van der Waals surface area contributed by atoms with Crippen LogP contribution in [0.15, 0.2) is 73.4 Å². The first-order valence-electron chi connectivity index (χ1n) is 5.86. The minimum absolute atomic E-state index is 0.0810. The summed E-state index contributed by atoms with van der Waals surface area (Å²) in [5.74, 6) is 0.0810. The zero-order valence-corrected chi connectivity index (χ0v) is 10.6. The molecule has 2 rings (SSSR count). The summed E-state index contributed by atoms with van der Waals surface area (Å²) in [7, 11) is 0. The molecule has 0 aliphatic rings. The molecule has 0 N–H and O–H groups in total. The van der Waals surface area contributed by atoms with Gasteiger partial charge in [0.2, 0.25) is 11.5 Å². The van der Waals surface area contributed by atoms with Gasteiger partial charge in [0.1, 0.15) is 0 Å². The van der Waals surface area contributed by atoms with E-state index in [0.29, 0.717) is 6.54 Å². The number of ketones is 1.